The number of hydrogen-bond acceptors (Lipinski definition) is 5. The van der Waals surface area contributed by atoms with Crippen molar-refractivity contribution in [1.29, 1.82) is 0 Å². The molecule has 1 atom stereocenters. The van der Waals surface area contributed by atoms with Gasteiger partial charge in [-0.3, -0.25) is 14.4 Å². The fraction of sp³-hybridized carbons (Fsp3) is 0.735. The lowest BCUT2D eigenvalue weighted by atomic mass is 10.1. The number of benzene rings is 1. The lowest BCUT2D eigenvalue weighted by Gasteiger charge is -2.24. The lowest BCUT2D eigenvalue weighted by molar-refractivity contribution is -0.405. The molecule has 0 aliphatic heterocycles. The largest absolute Gasteiger partial charge is 0.464 e. The van der Waals surface area contributed by atoms with Crippen LogP contribution in [0, 0.1) is 0 Å². The van der Waals surface area contributed by atoms with Crippen LogP contribution in [0.1, 0.15) is 199 Å². The molecule has 0 fully saturated rings. The first-order valence-electron chi connectivity index (χ1n) is 23.2. The second kappa shape index (κ2) is 38.9. The fourth-order valence-corrected chi connectivity index (χ4v) is 6.94. The highest BCUT2D eigenvalue weighted by Gasteiger charge is 2.25. The standard InChI is InChI=1S/C49H84N2O5/c1-3-5-7-9-11-13-15-17-19-21-23-25-27-29-34-38-47(52)55-42-40-51(49(54)46(50)44-45-36-32-31-33-37-45)41-43-56-48(53)39-35-30-28-26-24-22-20-18-16-14-12-10-8-6-4-2/h17-20,31-33,36-37,46H,3-16,21-30,34-35,38-44,50H2,1-2H3/p+1/b19-17-,20-18-. The van der Waals surface area contributed by atoms with Gasteiger partial charge in [0.05, 0.1) is 13.1 Å². The van der Waals surface area contributed by atoms with Crippen LogP contribution in [0.15, 0.2) is 54.6 Å². The van der Waals surface area contributed by atoms with Crippen LogP contribution in [0.4, 0.5) is 0 Å². The molecule has 0 aromatic heterocycles. The number of esters is 2. The van der Waals surface area contributed by atoms with Crippen molar-refractivity contribution < 1.29 is 29.6 Å². The van der Waals surface area contributed by atoms with E-state index in [4.69, 9.17) is 9.47 Å². The molecule has 1 amide bonds. The molecule has 1 aromatic carbocycles. The number of quaternary nitrogens is 1. The van der Waals surface area contributed by atoms with E-state index in [9.17, 15) is 14.4 Å². The van der Waals surface area contributed by atoms with Gasteiger partial charge in [0.25, 0.3) is 5.91 Å². The average Bonchev–Trinajstić information content (AvgIpc) is 3.20. The molecule has 1 rings (SSSR count). The molecule has 0 aliphatic carbocycles. The number of rotatable bonds is 39. The van der Waals surface area contributed by atoms with Gasteiger partial charge in [-0.2, -0.15) is 0 Å². The van der Waals surface area contributed by atoms with Crippen molar-refractivity contribution in [3.05, 3.63) is 60.2 Å². The Labute approximate surface area is 344 Å². The average molecular weight is 782 g/mol. The Morgan fingerprint density at radius 1 is 0.536 bits per heavy atom. The molecular weight excluding hydrogens is 697 g/mol. The number of carbonyl (C=O) groups is 3. The van der Waals surface area contributed by atoms with Crippen LogP contribution in [0.3, 0.4) is 0 Å². The monoisotopic (exact) mass is 782 g/mol. The van der Waals surface area contributed by atoms with E-state index in [2.05, 4.69) is 43.9 Å². The van der Waals surface area contributed by atoms with Crippen molar-refractivity contribution in [2.24, 2.45) is 0 Å². The molecule has 0 heterocycles. The number of hydrogen-bond donors (Lipinski definition) is 1. The second-order valence-electron chi connectivity index (χ2n) is 15.8. The third kappa shape index (κ3) is 32.2. The summed E-state index contributed by atoms with van der Waals surface area (Å²) in [6.07, 6.45) is 42.2. The predicted molar refractivity (Wildman–Crippen MR) is 234 cm³/mol. The maximum atomic E-state index is 13.4. The second-order valence-corrected chi connectivity index (χ2v) is 15.8. The van der Waals surface area contributed by atoms with E-state index in [0.717, 1.165) is 56.9 Å². The zero-order chi connectivity index (χ0) is 40.6. The Morgan fingerprint density at radius 3 is 1.29 bits per heavy atom. The van der Waals surface area contributed by atoms with Crippen LogP contribution in [0.5, 0.6) is 0 Å². The number of nitrogens with zero attached hydrogens (tertiary/aromatic N) is 1. The molecule has 3 N–H and O–H groups in total. The zero-order valence-corrected chi connectivity index (χ0v) is 36.3. The number of amides is 1. The molecule has 0 spiro atoms. The van der Waals surface area contributed by atoms with Crippen molar-refractivity contribution in [1.82, 2.24) is 4.90 Å². The minimum atomic E-state index is -0.490. The summed E-state index contributed by atoms with van der Waals surface area (Å²) in [6.45, 7) is 5.27. The SMILES string of the molecule is CCCCCCCC/C=C\CCCCCCCC(=O)OCCN(CCOC(=O)CCCCCCC/C=C\CCCCCCCC)C(=O)C([NH3+])Cc1ccccc1. The van der Waals surface area contributed by atoms with Gasteiger partial charge in [-0.15, -0.1) is 0 Å². The summed E-state index contributed by atoms with van der Waals surface area (Å²) in [5, 5.41) is 0. The Morgan fingerprint density at radius 2 is 0.893 bits per heavy atom. The number of allylic oxidation sites excluding steroid dienone is 4. The first-order chi connectivity index (χ1) is 27.5. The summed E-state index contributed by atoms with van der Waals surface area (Å²) in [5.41, 5.74) is 5.18. The van der Waals surface area contributed by atoms with Crippen LogP contribution in [0.25, 0.3) is 0 Å². The smallest absolute Gasteiger partial charge is 0.305 e. The summed E-state index contributed by atoms with van der Waals surface area (Å²) in [6, 6.07) is 9.35. The van der Waals surface area contributed by atoms with E-state index in [0.29, 0.717) is 19.3 Å². The van der Waals surface area contributed by atoms with Gasteiger partial charge < -0.3 is 20.1 Å². The minimum absolute atomic E-state index is 0.122. The third-order valence-electron chi connectivity index (χ3n) is 10.5. The van der Waals surface area contributed by atoms with Gasteiger partial charge in [0.2, 0.25) is 0 Å². The van der Waals surface area contributed by atoms with Gasteiger partial charge in [0, 0.05) is 19.3 Å². The highest BCUT2D eigenvalue weighted by atomic mass is 16.5. The zero-order valence-electron chi connectivity index (χ0n) is 36.3. The summed E-state index contributed by atoms with van der Waals surface area (Å²) in [7, 11) is 0. The molecular formula is C49H85N2O5+. The fourth-order valence-electron chi connectivity index (χ4n) is 6.94. The number of unbranched alkanes of at least 4 members (excludes halogenated alkanes) is 22. The maximum Gasteiger partial charge on any atom is 0.305 e. The number of carbonyl (C=O) groups excluding carboxylic acids is 3. The van der Waals surface area contributed by atoms with Crippen LogP contribution in [-0.2, 0) is 30.3 Å². The van der Waals surface area contributed by atoms with Crippen molar-refractivity contribution in [3.8, 4) is 0 Å². The molecule has 7 nitrogen and oxygen atoms in total. The van der Waals surface area contributed by atoms with Gasteiger partial charge >= 0.3 is 11.9 Å². The summed E-state index contributed by atoms with van der Waals surface area (Å²) in [5.74, 6) is -0.579. The topological polar surface area (TPSA) is 101 Å². The van der Waals surface area contributed by atoms with E-state index < -0.39 is 6.04 Å². The first kappa shape index (κ1) is 51.1. The Bertz CT molecular complexity index is 1060. The summed E-state index contributed by atoms with van der Waals surface area (Å²) < 4.78 is 11.1. The molecule has 0 radical (unpaired) electrons. The molecule has 0 aliphatic rings. The quantitative estimate of drug-likeness (QED) is 0.0407. The van der Waals surface area contributed by atoms with Crippen molar-refractivity contribution >= 4 is 17.8 Å². The van der Waals surface area contributed by atoms with Gasteiger partial charge in [-0.1, -0.05) is 171 Å². The van der Waals surface area contributed by atoms with E-state index in [1.54, 1.807) is 4.90 Å². The normalized spacial score (nSPS) is 12.1. The highest BCUT2D eigenvalue weighted by molar-refractivity contribution is 5.80. The highest BCUT2D eigenvalue weighted by Crippen LogP contribution is 2.13. The van der Waals surface area contributed by atoms with Gasteiger partial charge in [0.1, 0.15) is 13.2 Å². The molecule has 1 aromatic rings. The van der Waals surface area contributed by atoms with E-state index in [1.807, 2.05) is 30.3 Å². The molecule has 7 heteroatoms. The van der Waals surface area contributed by atoms with Gasteiger partial charge in [0.15, 0.2) is 6.04 Å². The molecule has 0 saturated heterocycles. The molecule has 56 heavy (non-hydrogen) atoms. The van der Waals surface area contributed by atoms with Crippen molar-refractivity contribution in [2.75, 3.05) is 26.3 Å². The van der Waals surface area contributed by atoms with Gasteiger partial charge in [-0.25, -0.2) is 0 Å². The van der Waals surface area contributed by atoms with Crippen LogP contribution < -0.4 is 5.73 Å². The van der Waals surface area contributed by atoms with Crippen LogP contribution in [-0.4, -0.2) is 55.1 Å². The van der Waals surface area contributed by atoms with E-state index >= 15 is 0 Å². The third-order valence-corrected chi connectivity index (χ3v) is 10.5. The molecule has 0 saturated carbocycles. The summed E-state index contributed by atoms with van der Waals surface area (Å²) >= 11 is 0. The summed E-state index contributed by atoms with van der Waals surface area (Å²) in [4.78, 5) is 40.0. The Balaban J connectivity index is 2.25. The first-order valence-corrected chi connectivity index (χ1v) is 23.2. The van der Waals surface area contributed by atoms with Gasteiger partial charge in [-0.05, 0) is 69.8 Å². The van der Waals surface area contributed by atoms with Crippen LogP contribution in [0.2, 0.25) is 0 Å². The maximum absolute atomic E-state index is 13.4. The molecule has 1 unspecified atom stereocenters. The number of ether oxygens (including phenoxy) is 2. The van der Waals surface area contributed by atoms with Crippen molar-refractivity contribution in [3.63, 3.8) is 0 Å². The minimum Gasteiger partial charge on any atom is -0.464 e. The molecule has 320 valence electrons. The lowest BCUT2D eigenvalue weighted by Crippen LogP contribution is -2.69. The Hall–Kier alpha value is -2.93. The van der Waals surface area contributed by atoms with E-state index in [-0.39, 0.29) is 44.1 Å². The van der Waals surface area contributed by atoms with Crippen LogP contribution >= 0.6 is 0 Å². The predicted octanol–water partition coefficient (Wildman–Crippen LogP) is 11.8. The Kier molecular flexibility index (Phi) is 35.5. The van der Waals surface area contributed by atoms with Crippen molar-refractivity contribution in [2.45, 2.75) is 206 Å². The van der Waals surface area contributed by atoms with E-state index in [1.165, 1.54) is 116 Å². The molecule has 0 bridgehead atoms.